The molecule has 0 N–H and O–H groups in total. The highest BCUT2D eigenvalue weighted by molar-refractivity contribution is 5.70. The van der Waals surface area contributed by atoms with Crippen molar-refractivity contribution in [3.05, 3.63) is 42.0 Å². The van der Waals surface area contributed by atoms with Gasteiger partial charge in [-0.1, -0.05) is 24.3 Å². The first-order chi connectivity index (χ1) is 7.85. The molecule has 2 nitrogen and oxygen atoms in total. The van der Waals surface area contributed by atoms with Gasteiger partial charge in [-0.3, -0.25) is 0 Å². The van der Waals surface area contributed by atoms with Crippen molar-refractivity contribution in [1.82, 2.24) is 0 Å². The number of ether oxygens (including phenoxy) is 2. The van der Waals surface area contributed by atoms with Gasteiger partial charge in [0.1, 0.15) is 0 Å². The molecule has 0 bridgehead atoms. The standard InChI is InChI=1S/C14H16O2/c1-15-13-9-8-12(10-14(13)16-2)11-6-4-3-5-7-11/h3-4,6,8-10H,5,7H2,1-2H3. The summed E-state index contributed by atoms with van der Waals surface area (Å²) in [6.45, 7) is 0. The number of hydrogen-bond acceptors (Lipinski definition) is 2. The molecule has 1 aliphatic carbocycles. The van der Waals surface area contributed by atoms with Gasteiger partial charge in [-0.25, -0.2) is 0 Å². The first-order valence-corrected chi connectivity index (χ1v) is 5.43. The van der Waals surface area contributed by atoms with Crippen molar-refractivity contribution in [2.45, 2.75) is 12.8 Å². The highest BCUT2D eigenvalue weighted by Gasteiger charge is 2.08. The van der Waals surface area contributed by atoms with Crippen LogP contribution in [0.2, 0.25) is 0 Å². The molecule has 0 amide bonds. The zero-order valence-corrected chi connectivity index (χ0v) is 9.69. The second-order valence-electron chi connectivity index (χ2n) is 3.73. The number of rotatable bonds is 3. The Bertz CT molecular complexity index is 430. The Morgan fingerprint density at radius 1 is 1.06 bits per heavy atom. The molecular formula is C14H16O2. The van der Waals surface area contributed by atoms with Crippen molar-refractivity contribution < 1.29 is 9.47 Å². The molecule has 0 fully saturated rings. The van der Waals surface area contributed by atoms with Gasteiger partial charge < -0.3 is 9.47 Å². The lowest BCUT2D eigenvalue weighted by Gasteiger charge is -2.12. The molecule has 0 saturated carbocycles. The summed E-state index contributed by atoms with van der Waals surface area (Å²) in [6.07, 6.45) is 8.65. The first kappa shape index (κ1) is 10.8. The van der Waals surface area contributed by atoms with Gasteiger partial charge in [-0.15, -0.1) is 0 Å². The third-order valence-electron chi connectivity index (χ3n) is 2.77. The van der Waals surface area contributed by atoms with Crippen LogP contribution in [0.4, 0.5) is 0 Å². The Hall–Kier alpha value is -1.70. The van der Waals surface area contributed by atoms with Crippen molar-refractivity contribution in [2.24, 2.45) is 0 Å². The number of hydrogen-bond donors (Lipinski definition) is 0. The van der Waals surface area contributed by atoms with E-state index in [1.54, 1.807) is 14.2 Å². The molecule has 0 unspecified atom stereocenters. The van der Waals surface area contributed by atoms with E-state index in [2.05, 4.69) is 24.3 Å². The Morgan fingerprint density at radius 2 is 1.88 bits per heavy atom. The highest BCUT2D eigenvalue weighted by Crippen LogP contribution is 2.32. The molecule has 1 aliphatic rings. The van der Waals surface area contributed by atoms with Gasteiger partial charge in [0.15, 0.2) is 11.5 Å². The van der Waals surface area contributed by atoms with Crippen LogP contribution in [0.25, 0.3) is 5.57 Å². The molecular weight excluding hydrogens is 200 g/mol. The normalized spacial score (nSPS) is 14.5. The van der Waals surface area contributed by atoms with E-state index in [4.69, 9.17) is 9.47 Å². The molecule has 2 heteroatoms. The van der Waals surface area contributed by atoms with Gasteiger partial charge >= 0.3 is 0 Å². The molecule has 0 spiro atoms. The van der Waals surface area contributed by atoms with Crippen molar-refractivity contribution >= 4 is 5.57 Å². The largest absolute Gasteiger partial charge is 0.493 e. The second-order valence-corrected chi connectivity index (χ2v) is 3.73. The lowest BCUT2D eigenvalue weighted by molar-refractivity contribution is 0.355. The highest BCUT2D eigenvalue weighted by atomic mass is 16.5. The molecule has 0 saturated heterocycles. The Kier molecular flexibility index (Phi) is 3.30. The van der Waals surface area contributed by atoms with Crippen molar-refractivity contribution in [1.29, 1.82) is 0 Å². The summed E-state index contributed by atoms with van der Waals surface area (Å²) in [5, 5.41) is 0. The lowest BCUT2D eigenvalue weighted by atomic mass is 9.97. The Morgan fingerprint density at radius 3 is 2.50 bits per heavy atom. The van der Waals surface area contributed by atoms with Gasteiger partial charge in [-0.05, 0) is 36.1 Å². The maximum absolute atomic E-state index is 5.30. The molecule has 84 valence electrons. The topological polar surface area (TPSA) is 18.5 Å². The second kappa shape index (κ2) is 4.88. The predicted octanol–water partition coefficient (Wildman–Crippen LogP) is 3.44. The van der Waals surface area contributed by atoms with Gasteiger partial charge in [0.05, 0.1) is 14.2 Å². The van der Waals surface area contributed by atoms with E-state index >= 15 is 0 Å². The van der Waals surface area contributed by atoms with Crippen LogP contribution in [-0.4, -0.2) is 14.2 Å². The molecule has 16 heavy (non-hydrogen) atoms. The molecule has 0 atom stereocenters. The fourth-order valence-corrected chi connectivity index (χ4v) is 1.88. The molecule has 1 aromatic carbocycles. The smallest absolute Gasteiger partial charge is 0.161 e. The third-order valence-corrected chi connectivity index (χ3v) is 2.77. The summed E-state index contributed by atoms with van der Waals surface area (Å²) < 4.78 is 10.5. The van der Waals surface area contributed by atoms with Gasteiger partial charge in [0.25, 0.3) is 0 Å². The van der Waals surface area contributed by atoms with E-state index in [9.17, 15) is 0 Å². The quantitative estimate of drug-likeness (QED) is 0.770. The molecule has 2 rings (SSSR count). The molecule has 1 aromatic rings. The van der Waals surface area contributed by atoms with Crippen molar-refractivity contribution in [2.75, 3.05) is 14.2 Å². The summed E-state index contributed by atoms with van der Waals surface area (Å²) in [6, 6.07) is 6.06. The minimum absolute atomic E-state index is 0.776. The van der Waals surface area contributed by atoms with Gasteiger partial charge in [0, 0.05) is 0 Å². The minimum Gasteiger partial charge on any atom is -0.493 e. The fourth-order valence-electron chi connectivity index (χ4n) is 1.88. The predicted molar refractivity (Wildman–Crippen MR) is 65.9 cm³/mol. The summed E-state index contributed by atoms with van der Waals surface area (Å²) in [5.41, 5.74) is 2.56. The lowest BCUT2D eigenvalue weighted by Crippen LogP contribution is -1.93. The molecule has 0 aliphatic heterocycles. The van der Waals surface area contributed by atoms with Crippen LogP contribution < -0.4 is 9.47 Å². The van der Waals surface area contributed by atoms with E-state index in [0.717, 1.165) is 24.3 Å². The van der Waals surface area contributed by atoms with Gasteiger partial charge in [-0.2, -0.15) is 0 Å². The Balaban J connectivity index is 2.35. The average Bonchev–Trinajstić information content (AvgIpc) is 2.39. The molecule has 0 aromatic heterocycles. The maximum Gasteiger partial charge on any atom is 0.161 e. The summed E-state index contributed by atoms with van der Waals surface area (Å²) in [4.78, 5) is 0. The van der Waals surface area contributed by atoms with E-state index in [1.807, 2.05) is 12.1 Å². The average molecular weight is 216 g/mol. The van der Waals surface area contributed by atoms with Gasteiger partial charge in [0.2, 0.25) is 0 Å². The monoisotopic (exact) mass is 216 g/mol. The number of allylic oxidation sites excluding steroid dienone is 4. The zero-order chi connectivity index (χ0) is 11.4. The minimum atomic E-state index is 0.776. The molecule has 0 radical (unpaired) electrons. The third kappa shape index (κ3) is 2.11. The van der Waals surface area contributed by atoms with Crippen LogP contribution in [0.1, 0.15) is 18.4 Å². The molecule has 0 heterocycles. The summed E-state index contributed by atoms with van der Waals surface area (Å²) >= 11 is 0. The number of methoxy groups -OCH3 is 2. The first-order valence-electron chi connectivity index (χ1n) is 5.43. The van der Waals surface area contributed by atoms with Crippen LogP contribution >= 0.6 is 0 Å². The van der Waals surface area contributed by atoms with E-state index in [0.29, 0.717) is 0 Å². The van der Waals surface area contributed by atoms with Crippen LogP contribution in [-0.2, 0) is 0 Å². The number of benzene rings is 1. The van der Waals surface area contributed by atoms with E-state index in [-0.39, 0.29) is 0 Å². The van der Waals surface area contributed by atoms with Crippen LogP contribution in [0, 0.1) is 0 Å². The Labute approximate surface area is 96.2 Å². The zero-order valence-electron chi connectivity index (χ0n) is 9.69. The SMILES string of the molecule is COc1ccc(C2=CC=CCC2)cc1OC. The van der Waals surface area contributed by atoms with Crippen molar-refractivity contribution in [3.8, 4) is 11.5 Å². The van der Waals surface area contributed by atoms with Crippen LogP contribution in [0.3, 0.4) is 0 Å². The summed E-state index contributed by atoms with van der Waals surface area (Å²) in [7, 11) is 3.32. The summed E-state index contributed by atoms with van der Waals surface area (Å²) in [5.74, 6) is 1.56. The maximum atomic E-state index is 5.30. The van der Waals surface area contributed by atoms with Crippen LogP contribution in [0.5, 0.6) is 11.5 Å². The van der Waals surface area contributed by atoms with E-state index < -0.39 is 0 Å². The van der Waals surface area contributed by atoms with E-state index in [1.165, 1.54) is 11.1 Å². The van der Waals surface area contributed by atoms with Crippen LogP contribution in [0.15, 0.2) is 36.4 Å². The fraction of sp³-hybridized carbons (Fsp3) is 0.286. The van der Waals surface area contributed by atoms with Crippen molar-refractivity contribution in [3.63, 3.8) is 0 Å².